The first-order valence-corrected chi connectivity index (χ1v) is 4.45. The topological polar surface area (TPSA) is 63.3 Å². The number of hydrogen-bond acceptors (Lipinski definition) is 4. The summed E-state index contributed by atoms with van der Waals surface area (Å²) >= 11 is 0. The molecule has 0 amide bonds. The van der Waals surface area contributed by atoms with Crippen molar-refractivity contribution in [1.29, 1.82) is 0 Å². The van der Waals surface area contributed by atoms with Crippen LogP contribution < -0.4 is 0 Å². The Morgan fingerprint density at radius 2 is 2.07 bits per heavy atom. The van der Waals surface area contributed by atoms with E-state index in [1.807, 2.05) is 30.3 Å². The number of hydrogen-bond donors (Lipinski definition) is 1. The van der Waals surface area contributed by atoms with Gasteiger partial charge in [0, 0.05) is 12.6 Å². The van der Waals surface area contributed by atoms with Crippen LogP contribution in [0.4, 0.5) is 0 Å². The minimum atomic E-state index is 0.413. The van der Waals surface area contributed by atoms with Gasteiger partial charge in [0.15, 0.2) is 11.5 Å². The fraction of sp³-hybridized carbons (Fsp3) is 0.100. The molecule has 0 unspecified atom stereocenters. The van der Waals surface area contributed by atoms with E-state index in [1.54, 1.807) is 11.7 Å². The summed E-state index contributed by atoms with van der Waals surface area (Å²) < 4.78 is 1.56. The molecule has 5 nitrogen and oxygen atoms in total. The van der Waals surface area contributed by atoms with Crippen LogP contribution in [-0.2, 0) is 7.05 Å². The summed E-state index contributed by atoms with van der Waals surface area (Å²) in [5.41, 5.74) is 1.21. The molecule has 1 aromatic carbocycles. The maximum Gasteiger partial charge on any atom is 0.180 e. The summed E-state index contributed by atoms with van der Waals surface area (Å²) in [5, 5.41) is 16.2. The van der Waals surface area contributed by atoms with Gasteiger partial charge < -0.3 is 5.21 Å². The lowest BCUT2D eigenvalue weighted by Crippen LogP contribution is -2.11. The lowest BCUT2D eigenvalue weighted by molar-refractivity contribution is 0.319. The molecule has 1 N–H and O–H groups in total. The number of aryl methyl sites for hydroxylation is 1. The van der Waals surface area contributed by atoms with Crippen LogP contribution in [0.3, 0.4) is 0 Å². The van der Waals surface area contributed by atoms with Crippen molar-refractivity contribution in [3.8, 4) is 0 Å². The molecule has 15 heavy (non-hydrogen) atoms. The number of aromatic nitrogens is 3. The third-order valence-corrected chi connectivity index (χ3v) is 2.07. The van der Waals surface area contributed by atoms with Crippen molar-refractivity contribution < 1.29 is 5.21 Å². The average Bonchev–Trinajstić information content (AvgIpc) is 2.68. The second kappa shape index (κ2) is 3.91. The van der Waals surface area contributed by atoms with Gasteiger partial charge in [0.2, 0.25) is 0 Å². The van der Waals surface area contributed by atoms with E-state index in [9.17, 15) is 0 Å². The van der Waals surface area contributed by atoms with Gasteiger partial charge in [-0.05, 0) is 0 Å². The van der Waals surface area contributed by atoms with E-state index in [1.165, 1.54) is 6.33 Å². The van der Waals surface area contributed by atoms with Crippen LogP contribution in [0.2, 0.25) is 0 Å². The highest BCUT2D eigenvalue weighted by Gasteiger charge is 2.12. The fourth-order valence-corrected chi connectivity index (χ4v) is 1.34. The zero-order valence-corrected chi connectivity index (χ0v) is 8.20. The molecular weight excluding hydrogens is 192 g/mol. The molecule has 76 valence electrons. The molecule has 0 spiro atoms. The van der Waals surface area contributed by atoms with E-state index in [-0.39, 0.29) is 0 Å². The number of oxime groups is 1. The Bertz CT molecular complexity index is 475. The smallest absolute Gasteiger partial charge is 0.180 e. The monoisotopic (exact) mass is 202 g/mol. The molecule has 0 bridgehead atoms. The van der Waals surface area contributed by atoms with Gasteiger partial charge in [0.25, 0.3) is 0 Å². The second-order valence-electron chi connectivity index (χ2n) is 3.02. The van der Waals surface area contributed by atoms with Crippen LogP contribution in [0.25, 0.3) is 0 Å². The molecule has 1 aromatic heterocycles. The third-order valence-electron chi connectivity index (χ3n) is 2.07. The van der Waals surface area contributed by atoms with E-state index >= 15 is 0 Å². The van der Waals surface area contributed by atoms with Crippen molar-refractivity contribution in [1.82, 2.24) is 14.8 Å². The normalized spacial score (nSPS) is 11.7. The quantitative estimate of drug-likeness (QED) is 0.449. The standard InChI is InChI=1S/C10H10N4O/c1-14-10(11-7-12-14)9(13-15)8-5-3-2-4-6-8/h2-7,15H,1H3/b13-9-. The zero-order chi connectivity index (χ0) is 10.7. The summed E-state index contributed by atoms with van der Waals surface area (Å²) in [5.74, 6) is 0.531. The third kappa shape index (κ3) is 1.71. The van der Waals surface area contributed by atoms with Crippen molar-refractivity contribution >= 4 is 5.71 Å². The van der Waals surface area contributed by atoms with Gasteiger partial charge >= 0.3 is 0 Å². The number of benzene rings is 1. The van der Waals surface area contributed by atoms with Crippen molar-refractivity contribution in [2.75, 3.05) is 0 Å². The fourth-order valence-electron chi connectivity index (χ4n) is 1.34. The SMILES string of the molecule is Cn1ncnc1/C(=N\O)c1ccccc1. The van der Waals surface area contributed by atoms with Crippen molar-refractivity contribution in [3.05, 3.63) is 48.0 Å². The van der Waals surface area contributed by atoms with Crippen LogP contribution in [0, 0.1) is 0 Å². The van der Waals surface area contributed by atoms with Gasteiger partial charge in [-0.15, -0.1) is 0 Å². The molecule has 0 aliphatic heterocycles. The predicted molar refractivity (Wildman–Crippen MR) is 54.9 cm³/mol. The molecule has 2 aromatic rings. The maximum atomic E-state index is 8.98. The highest BCUT2D eigenvalue weighted by Crippen LogP contribution is 2.07. The molecule has 0 atom stereocenters. The van der Waals surface area contributed by atoms with Crippen molar-refractivity contribution in [2.45, 2.75) is 0 Å². The Labute approximate surface area is 86.7 Å². The molecular formula is C10H10N4O. The molecule has 0 radical (unpaired) electrons. The second-order valence-corrected chi connectivity index (χ2v) is 3.02. The van der Waals surface area contributed by atoms with Gasteiger partial charge in [0.05, 0.1) is 0 Å². The molecule has 0 aliphatic carbocycles. The van der Waals surface area contributed by atoms with Gasteiger partial charge in [-0.3, -0.25) is 0 Å². The van der Waals surface area contributed by atoms with Crippen LogP contribution in [-0.4, -0.2) is 25.7 Å². The van der Waals surface area contributed by atoms with Crippen LogP contribution in [0.15, 0.2) is 41.8 Å². The Hall–Kier alpha value is -2.17. The maximum absolute atomic E-state index is 8.98. The Balaban J connectivity index is 2.48. The Kier molecular flexibility index (Phi) is 2.45. The average molecular weight is 202 g/mol. The predicted octanol–water partition coefficient (Wildman–Crippen LogP) is 1.04. The van der Waals surface area contributed by atoms with E-state index in [0.717, 1.165) is 5.56 Å². The van der Waals surface area contributed by atoms with Gasteiger partial charge in [-0.2, -0.15) is 5.10 Å². The Morgan fingerprint density at radius 3 is 2.60 bits per heavy atom. The van der Waals surface area contributed by atoms with Crippen LogP contribution >= 0.6 is 0 Å². The molecule has 0 fully saturated rings. The number of rotatable bonds is 2. The summed E-state index contributed by atoms with van der Waals surface area (Å²) in [6, 6.07) is 9.34. The van der Waals surface area contributed by atoms with E-state index in [2.05, 4.69) is 15.2 Å². The summed E-state index contributed by atoms with van der Waals surface area (Å²) in [6.45, 7) is 0. The highest BCUT2D eigenvalue weighted by molar-refractivity contribution is 6.10. The summed E-state index contributed by atoms with van der Waals surface area (Å²) in [4.78, 5) is 4.02. The van der Waals surface area contributed by atoms with Gasteiger partial charge in [-0.25, -0.2) is 9.67 Å². The molecule has 1 heterocycles. The van der Waals surface area contributed by atoms with Gasteiger partial charge in [0.1, 0.15) is 6.33 Å². The molecule has 2 rings (SSSR count). The lowest BCUT2D eigenvalue weighted by Gasteiger charge is -2.02. The molecule has 0 saturated carbocycles. The number of nitrogens with zero attached hydrogens (tertiary/aromatic N) is 4. The van der Waals surface area contributed by atoms with E-state index in [4.69, 9.17) is 5.21 Å². The molecule has 0 saturated heterocycles. The lowest BCUT2D eigenvalue weighted by atomic mass is 10.1. The van der Waals surface area contributed by atoms with Crippen molar-refractivity contribution in [2.24, 2.45) is 12.2 Å². The van der Waals surface area contributed by atoms with Crippen LogP contribution in [0.5, 0.6) is 0 Å². The highest BCUT2D eigenvalue weighted by atomic mass is 16.4. The summed E-state index contributed by atoms with van der Waals surface area (Å²) in [7, 11) is 1.75. The van der Waals surface area contributed by atoms with Gasteiger partial charge in [-0.1, -0.05) is 35.5 Å². The first-order valence-electron chi connectivity index (χ1n) is 4.45. The minimum absolute atomic E-state index is 0.413. The Morgan fingerprint density at radius 1 is 1.33 bits per heavy atom. The zero-order valence-electron chi connectivity index (χ0n) is 8.20. The largest absolute Gasteiger partial charge is 0.410 e. The molecule has 0 aliphatic rings. The van der Waals surface area contributed by atoms with E-state index in [0.29, 0.717) is 11.5 Å². The minimum Gasteiger partial charge on any atom is -0.410 e. The first-order chi connectivity index (χ1) is 7.33. The van der Waals surface area contributed by atoms with E-state index < -0.39 is 0 Å². The first kappa shape index (κ1) is 9.39. The summed E-state index contributed by atoms with van der Waals surface area (Å²) in [6.07, 6.45) is 1.42. The van der Waals surface area contributed by atoms with Crippen LogP contribution in [0.1, 0.15) is 11.4 Å². The van der Waals surface area contributed by atoms with Crippen molar-refractivity contribution in [3.63, 3.8) is 0 Å². The molecule has 5 heteroatoms.